The van der Waals surface area contributed by atoms with Crippen molar-refractivity contribution in [3.63, 3.8) is 0 Å². The first-order valence-corrected chi connectivity index (χ1v) is 12.4. The number of hydrogen-bond donors (Lipinski definition) is 0. The van der Waals surface area contributed by atoms with Crippen LogP contribution in [0.4, 0.5) is 0 Å². The molecule has 0 bridgehead atoms. The summed E-state index contributed by atoms with van der Waals surface area (Å²) >= 11 is 9.35. The molecule has 0 N–H and O–H groups in total. The molecule has 0 aliphatic rings. The highest BCUT2D eigenvalue weighted by molar-refractivity contribution is 7.28. The van der Waals surface area contributed by atoms with E-state index >= 15 is 0 Å². The third-order valence-corrected chi connectivity index (χ3v) is 9.64. The molecule has 128 valence electrons. The summed E-state index contributed by atoms with van der Waals surface area (Å²) in [6.45, 7) is 0. The van der Waals surface area contributed by atoms with Crippen molar-refractivity contribution in [3.8, 4) is 29.3 Å². The van der Waals surface area contributed by atoms with Crippen molar-refractivity contribution in [2.45, 2.75) is 6.42 Å². The van der Waals surface area contributed by atoms with E-state index in [9.17, 15) is 0 Å². The standard InChI is InChI=1S/C21H14S5/c1-3-14(22-11-1)13-15-5-6-18(24-15)19-9-10-21(26-19)20-8-7-17(25-20)16-4-2-12-23-16/h1-12H,13H2. The van der Waals surface area contributed by atoms with E-state index in [1.54, 1.807) is 11.3 Å². The van der Waals surface area contributed by atoms with Crippen LogP contribution in [-0.2, 0) is 6.42 Å². The number of thiophene rings is 5. The molecule has 0 unspecified atom stereocenters. The fourth-order valence-electron chi connectivity index (χ4n) is 2.81. The van der Waals surface area contributed by atoms with Gasteiger partial charge in [-0.25, -0.2) is 0 Å². The molecule has 0 aliphatic heterocycles. The maximum atomic E-state index is 2.28. The minimum atomic E-state index is 1.05. The second-order valence-corrected chi connectivity index (χ2v) is 11.1. The Hall–Kier alpha value is -1.50. The summed E-state index contributed by atoms with van der Waals surface area (Å²) in [5, 5.41) is 4.30. The first kappa shape index (κ1) is 16.7. The highest BCUT2D eigenvalue weighted by Gasteiger charge is 2.11. The summed E-state index contributed by atoms with van der Waals surface area (Å²) in [5.41, 5.74) is 0. The fourth-order valence-corrected chi connectivity index (χ4v) is 7.69. The van der Waals surface area contributed by atoms with Crippen LogP contribution in [0.5, 0.6) is 0 Å². The van der Waals surface area contributed by atoms with Gasteiger partial charge in [0.15, 0.2) is 0 Å². The van der Waals surface area contributed by atoms with Crippen LogP contribution in [0.15, 0.2) is 71.4 Å². The zero-order valence-corrected chi connectivity index (χ0v) is 17.8. The molecule has 5 heteroatoms. The van der Waals surface area contributed by atoms with Crippen molar-refractivity contribution in [1.82, 2.24) is 0 Å². The first-order chi connectivity index (χ1) is 12.8. The summed E-state index contributed by atoms with van der Waals surface area (Å²) in [5.74, 6) is 0. The fraction of sp³-hybridized carbons (Fsp3) is 0.0476. The van der Waals surface area contributed by atoms with Gasteiger partial charge in [0.05, 0.1) is 0 Å². The second-order valence-electron chi connectivity index (χ2n) is 5.83. The lowest BCUT2D eigenvalue weighted by atomic mass is 10.3. The smallest absolute Gasteiger partial charge is 0.0449 e. The Bertz CT molecular complexity index is 1100. The van der Waals surface area contributed by atoms with E-state index in [-0.39, 0.29) is 0 Å². The van der Waals surface area contributed by atoms with Crippen molar-refractivity contribution in [1.29, 1.82) is 0 Å². The molecule has 5 aromatic rings. The Labute approximate surface area is 172 Å². The van der Waals surface area contributed by atoms with E-state index < -0.39 is 0 Å². The molecule has 0 fully saturated rings. The summed E-state index contributed by atoms with van der Waals surface area (Å²) < 4.78 is 0. The van der Waals surface area contributed by atoms with E-state index in [1.807, 2.05) is 45.3 Å². The van der Waals surface area contributed by atoms with Crippen LogP contribution >= 0.6 is 56.7 Å². The third-order valence-electron chi connectivity index (χ3n) is 4.05. The zero-order valence-electron chi connectivity index (χ0n) is 13.7. The van der Waals surface area contributed by atoms with Crippen molar-refractivity contribution in [2.24, 2.45) is 0 Å². The molecule has 26 heavy (non-hydrogen) atoms. The van der Waals surface area contributed by atoms with Crippen LogP contribution in [-0.4, -0.2) is 0 Å². The number of rotatable bonds is 5. The molecule has 0 aliphatic carbocycles. The predicted molar refractivity (Wildman–Crippen MR) is 121 cm³/mol. The minimum absolute atomic E-state index is 1.05. The molecule has 0 spiro atoms. The lowest BCUT2D eigenvalue weighted by Crippen LogP contribution is -1.75. The van der Waals surface area contributed by atoms with Gasteiger partial charge in [-0.15, -0.1) is 56.7 Å². The molecule has 0 aromatic carbocycles. The van der Waals surface area contributed by atoms with Gasteiger partial charge in [-0.3, -0.25) is 0 Å². The zero-order chi connectivity index (χ0) is 17.3. The third kappa shape index (κ3) is 3.38. The quantitative estimate of drug-likeness (QED) is 0.264. The van der Waals surface area contributed by atoms with Crippen molar-refractivity contribution in [2.75, 3.05) is 0 Å². The second kappa shape index (κ2) is 7.25. The molecule has 5 aromatic heterocycles. The Morgan fingerprint density at radius 3 is 1.65 bits per heavy atom. The molecule has 0 saturated heterocycles. The molecular weight excluding hydrogens is 413 g/mol. The van der Waals surface area contributed by atoms with Crippen LogP contribution in [0.3, 0.4) is 0 Å². The Kier molecular flexibility index (Phi) is 4.65. The van der Waals surface area contributed by atoms with Crippen molar-refractivity contribution >= 4 is 56.7 Å². The van der Waals surface area contributed by atoms with E-state index in [0.29, 0.717) is 0 Å². The summed E-state index contributed by atoms with van der Waals surface area (Å²) in [4.78, 5) is 11.1. The van der Waals surface area contributed by atoms with Gasteiger partial charge >= 0.3 is 0 Å². The largest absolute Gasteiger partial charge is 0.149 e. The van der Waals surface area contributed by atoms with Gasteiger partial charge < -0.3 is 0 Å². The highest BCUT2D eigenvalue weighted by atomic mass is 32.1. The predicted octanol–water partition coefficient (Wildman–Crippen LogP) is 8.59. The van der Waals surface area contributed by atoms with Gasteiger partial charge in [0, 0.05) is 45.4 Å². The monoisotopic (exact) mass is 426 g/mol. The average molecular weight is 427 g/mol. The van der Waals surface area contributed by atoms with Gasteiger partial charge in [0.2, 0.25) is 0 Å². The molecule has 0 nitrogen and oxygen atoms in total. The first-order valence-electron chi connectivity index (χ1n) is 8.20. The maximum absolute atomic E-state index is 2.28. The van der Waals surface area contributed by atoms with E-state index in [0.717, 1.165) is 6.42 Å². The van der Waals surface area contributed by atoms with Crippen LogP contribution in [0.1, 0.15) is 9.75 Å². The normalized spacial score (nSPS) is 11.2. The average Bonchev–Trinajstić information content (AvgIpc) is 3.45. The topological polar surface area (TPSA) is 0 Å². The van der Waals surface area contributed by atoms with Crippen molar-refractivity contribution in [3.05, 3.63) is 81.2 Å². The van der Waals surface area contributed by atoms with Crippen LogP contribution in [0.2, 0.25) is 0 Å². The molecule has 0 atom stereocenters. The van der Waals surface area contributed by atoms with Gasteiger partial charge in [0.1, 0.15) is 0 Å². The van der Waals surface area contributed by atoms with Gasteiger partial charge in [0.25, 0.3) is 0 Å². The minimum Gasteiger partial charge on any atom is -0.149 e. The molecular formula is C21H14S5. The molecule has 5 rings (SSSR count). The molecule has 5 heterocycles. The van der Waals surface area contributed by atoms with Crippen LogP contribution < -0.4 is 0 Å². The van der Waals surface area contributed by atoms with Gasteiger partial charge in [-0.2, -0.15) is 0 Å². The maximum Gasteiger partial charge on any atom is 0.0449 e. The Balaban J connectivity index is 1.38. The van der Waals surface area contributed by atoms with Crippen molar-refractivity contribution < 1.29 is 0 Å². The Morgan fingerprint density at radius 2 is 1.04 bits per heavy atom. The molecule has 0 amide bonds. The summed E-state index contributed by atoms with van der Waals surface area (Å²) in [7, 11) is 0. The van der Waals surface area contributed by atoms with E-state index in [2.05, 4.69) is 71.4 Å². The summed E-state index contributed by atoms with van der Waals surface area (Å²) in [6.07, 6.45) is 1.05. The van der Waals surface area contributed by atoms with E-state index in [1.165, 1.54) is 39.0 Å². The van der Waals surface area contributed by atoms with Gasteiger partial charge in [-0.1, -0.05) is 12.1 Å². The van der Waals surface area contributed by atoms with E-state index in [4.69, 9.17) is 0 Å². The SMILES string of the molecule is c1csc(Cc2ccc(-c3ccc(-c4ccc(-c5cccs5)s4)s3)s2)c1. The Morgan fingerprint density at radius 1 is 0.462 bits per heavy atom. The summed E-state index contributed by atoms with van der Waals surface area (Å²) in [6, 6.07) is 22.2. The molecule has 0 radical (unpaired) electrons. The van der Waals surface area contributed by atoms with Crippen LogP contribution in [0, 0.1) is 0 Å². The van der Waals surface area contributed by atoms with Crippen LogP contribution in [0.25, 0.3) is 29.3 Å². The lowest BCUT2D eigenvalue weighted by molar-refractivity contribution is 1.31. The lowest BCUT2D eigenvalue weighted by Gasteiger charge is -1.93. The van der Waals surface area contributed by atoms with Gasteiger partial charge in [-0.05, 0) is 59.3 Å². The highest BCUT2D eigenvalue weighted by Crippen LogP contribution is 2.42. The molecule has 0 saturated carbocycles. The number of hydrogen-bond acceptors (Lipinski definition) is 5.